The van der Waals surface area contributed by atoms with Gasteiger partial charge in [-0.25, -0.2) is 0 Å². The van der Waals surface area contributed by atoms with Crippen LogP contribution in [-0.4, -0.2) is 0 Å². The van der Waals surface area contributed by atoms with Gasteiger partial charge in [-0.3, -0.25) is 0 Å². The lowest BCUT2D eigenvalue weighted by Gasteiger charge is -2.35. The molecule has 14 aromatic rings. The van der Waals surface area contributed by atoms with Gasteiger partial charge < -0.3 is 9.80 Å². The zero-order valence-corrected chi connectivity index (χ0v) is 69.3. The summed E-state index contributed by atoms with van der Waals surface area (Å²) < 4.78 is 0. The number of nitrogens with zero attached hydrogens (tertiary/aromatic N) is 2. The standard InChI is InChI=1S/C111H106N2/c1-104(2,3)75-42-52-87-88-53-43-76(105(4,5)6)64-96(88)110(95(87)63-75)99-67-79(108(13,14)15)46-56-91(99)93-58-50-84(69-101(93)110)112(81-35-25-20-26-36-81)82-48-40-71(41-49-82)60-61-109(16,17)80-47-57-92-94-59-51-85(113(83-37-29-34-74(62-83)72-30-21-18-22-31-72)103-39-28-27-38-86(103)73-32-23-19-24-33-73)70-102(94)111(100(92)68-80)97-65-77(106(7,8)9)44-54-89(97)90-55-45-78(66-98(90)111)107(10,11)12/h18-59,62-70H,60-61H2,1-17H3. The predicted molar refractivity (Wildman–Crippen MR) is 481 cm³/mol. The van der Waals surface area contributed by atoms with Crippen LogP contribution in [0.5, 0.6) is 0 Å². The molecule has 0 heterocycles. The van der Waals surface area contributed by atoms with Gasteiger partial charge >= 0.3 is 0 Å². The van der Waals surface area contributed by atoms with Crippen LogP contribution in [0.3, 0.4) is 0 Å². The summed E-state index contributed by atoms with van der Waals surface area (Å²) in [4.78, 5) is 5.03. The van der Waals surface area contributed by atoms with Crippen LogP contribution in [-0.2, 0) is 49.7 Å². The van der Waals surface area contributed by atoms with Crippen molar-refractivity contribution in [1.82, 2.24) is 0 Å². The van der Waals surface area contributed by atoms with Crippen molar-refractivity contribution in [3.05, 3.63) is 393 Å². The fraction of sp³-hybridized carbons (Fsp3) is 0.243. The maximum absolute atomic E-state index is 2.66. The fourth-order valence-corrected chi connectivity index (χ4v) is 19.3. The van der Waals surface area contributed by atoms with Crippen LogP contribution in [0.25, 0.3) is 66.8 Å². The number of para-hydroxylation sites is 2. The molecule has 4 aliphatic rings. The minimum atomic E-state index is -0.659. The molecule has 0 atom stereocenters. The molecule has 2 spiro atoms. The molecule has 2 nitrogen and oxygen atoms in total. The van der Waals surface area contributed by atoms with Crippen LogP contribution in [0.1, 0.15) is 208 Å². The van der Waals surface area contributed by atoms with E-state index in [4.69, 9.17) is 0 Å². The van der Waals surface area contributed by atoms with Crippen LogP contribution >= 0.6 is 0 Å². The maximum Gasteiger partial charge on any atom is 0.0726 e. The number of rotatable bonds is 12. The molecule has 0 N–H and O–H groups in total. The van der Waals surface area contributed by atoms with Crippen LogP contribution in [0.2, 0.25) is 0 Å². The SMILES string of the molecule is CC(C)(C)c1ccc2c(c1)C1(c3cc(N(c4ccccc4)c4ccc(CCC(C)(C)c5ccc6c(c5)C5(c7cc(N(c8cccc(-c9ccccc9)c8)c8ccccc8-c8ccccc8)ccc7-6)c6cc(C(C)(C)C)ccc6-c6ccc(C(C)(C)C)cc65)cc4)ccc3-2)c2cc(C(C)(C)C)ccc2-c2ccc(C(C)(C)C)cc21. The second kappa shape index (κ2) is 26.4. The van der Waals surface area contributed by atoms with Crippen LogP contribution in [0.15, 0.2) is 309 Å². The van der Waals surface area contributed by atoms with Gasteiger partial charge in [0.15, 0.2) is 0 Å². The Hall–Kier alpha value is -11.3. The molecular formula is C111H106N2. The summed E-state index contributed by atoms with van der Waals surface area (Å²) in [5, 5.41) is 0. The van der Waals surface area contributed by atoms with Gasteiger partial charge in [-0.2, -0.15) is 0 Å². The Bertz CT molecular complexity index is 5920. The van der Waals surface area contributed by atoms with E-state index in [1.807, 2.05) is 0 Å². The summed E-state index contributed by atoms with van der Waals surface area (Å²) in [5.74, 6) is 0. The first-order chi connectivity index (χ1) is 53.9. The zero-order chi connectivity index (χ0) is 78.7. The van der Waals surface area contributed by atoms with E-state index >= 15 is 0 Å². The highest BCUT2D eigenvalue weighted by Crippen LogP contribution is 2.67. The Morgan fingerprint density at radius 3 is 0.912 bits per heavy atom. The zero-order valence-electron chi connectivity index (χ0n) is 69.3. The molecule has 0 aliphatic heterocycles. The second-order valence-corrected chi connectivity index (χ2v) is 38.6. The van der Waals surface area contributed by atoms with Crippen LogP contribution < -0.4 is 9.80 Å². The smallest absolute Gasteiger partial charge is 0.0726 e. The number of aryl methyl sites for hydroxylation is 1. The van der Waals surface area contributed by atoms with E-state index in [0.717, 1.165) is 47.0 Å². The van der Waals surface area contributed by atoms with E-state index in [1.54, 1.807) is 0 Å². The largest absolute Gasteiger partial charge is 0.310 e. The molecule has 0 saturated carbocycles. The average Bonchev–Trinajstić information content (AvgIpc) is 1.51. The van der Waals surface area contributed by atoms with Gasteiger partial charge in [-0.15, -0.1) is 0 Å². The Morgan fingerprint density at radius 1 is 0.212 bits per heavy atom. The number of hydrogen-bond donors (Lipinski definition) is 0. The molecule has 0 unspecified atom stereocenters. The monoisotopic (exact) mass is 1470 g/mol. The van der Waals surface area contributed by atoms with Gasteiger partial charge in [0.1, 0.15) is 0 Å². The first kappa shape index (κ1) is 73.2. The summed E-state index contributed by atoms with van der Waals surface area (Å²) in [6, 6.07) is 120. The van der Waals surface area contributed by atoms with Crippen molar-refractivity contribution in [2.75, 3.05) is 9.80 Å². The highest BCUT2D eigenvalue weighted by atomic mass is 15.1. The Labute approximate surface area is 673 Å². The Morgan fingerprint density at radius 2 is 0.504 bits per heavy atom. The molecule has 113 heavy (non-hydrogen) atoms. The first-order valence-electron chi connectivity index (χ1n) is 41.2. The van der Waals surface area contributed by atoms with E-state index in [1.165, 1.54) is 150 Å². The van der Waals surface area contributed by atoms with E-state index in [2.05, 4.69) is 437 Å². The van der Waals surface area contributed by atoms with E-state index in [-0.39, 0.29) is 32.5 Å². The molecule has 0 saturated heterocycles. The third-order valence-electron chi connectivity index (χ3n) is 25.8. The van der Waals surface area contributed by atoms with Gasteiger partial charge in [-0.05, 0) is 257 Å². The lowest BCUT2D eigenvalue weighted by atomic mass is 9.67. The van der Waals surface area contributed by atoms with Crippen molar-refractivity contribution in [3.8, 4) is 66.8 Å². The molecule has 0 amide bonds. The van der Waals surface area contributed by atoms with Gasteiger partial charge in [0.25, 0.3) is 0 Å². The van der Waals surface area contributed by atoms with Gasteiger partial charge in [-0.1, -0.05) is 360 Å². The second-order valence-electron chi connectivity index (χ2n) is 38.6. The molecule has 0 fully saturated rings. The predicted octanol–water partition coefficient (Wildman–Crippen LogP) is 30.0. The summed E-state index contributed by atoms with van der Waals surface area (Å²) in [7, 11) is 0. The molecule has 560 valence electrons. The van der Waals surface area contributed by atoms with Crippen molar-refractivity contribution in [2.45, 2.75) is 174 Å². The number of fused-ring (bicyclic) bond motifs is 20. The Balaban J connectivity index is 0.750. The quantitative estimate of drug-likeness (QED) is 0.120. The molecule has 18 rings (SSSR count). The van der Waals surface area contributed by atoms with Crippen molar-refractivity contribution in [1.29, 1.82) is 0 Å². The van der Waals surface area contributed by atoms with Crippen molar-refractivity contribution in [3.63, 3.8) is 0 Å². The van der Waals surface area contributed by atoms with Crippen molar-refractivity contribution < 1.29 is 0 Å². The fourth-order valence-electron chi connectivity index (χ4n) is 19.3. The van der Waals surface area contributed by atoms with E-state index in [9.17, 15) is 0 Å². The first-order valence-corrected chi connectivity index (χ1v) is 41.2. The minimum Gasteiger partial charge on any atom is -0.310 e. The van der Waals surface area contributed by atoms with E-state index < -0.39 is 10.8 Å². The van der Waals surface area contributed by atoms with Crippen LogP contribution in [0.4, 0.5) is 34.1 Å². The molecule has 2 heteroatoms. The van der Waals surface area contributed by atoms with Crippen molar-refractivity contribution in [2.24, 2.45) is 0 Å². The Kier molecular flexibility index (Phi) is 17.1. The molecule has 0 bridgehead atoms. The van der Waals surface area contributed by atoms with Gasteiger partial charge in [0.05, 0.1) is 16.5 Å². The minimum absolute atomic E-state index is 0.0538. The molecule has 0 aromatic heterocycles. The summed E-state index contributed by atoms with van der Waals surface area (Å²) in [6.45, 7) is 40.5. The van der Waals surface area contributed by atoms with Gasteiger partial charge in [0.2, 0.25) is 0 Å². The lowest BCUT2D eigenvalue weighted by Crippen LogP contribution is -2.28. The molecule has 4 aliphatic carbocycles. The van der Waals surface area contributed by atoms with E-state index in [0.29, 0.717) is 0 Å². The maximum atomic E-state index is 2.66. The number of hydrogen-bond acceptors (Lipinski definition) is 2. The number of benzene rings is 14. The third kappa shape index (κ3) is 12.0. The summed E-state index contributed by atoms with van der Waals surface area (Å²) in [5.41, 5.74) is 40.5. The molecular weight excluding hydrogens is 1360 g/mol. The van der Waals surface area contributed by atoms with Crippen LogP contribution in [0, 0.1) is 0 Å². The lowest BCUT2D eigenvalue weighted by molar-refractivity contribution is 0.479. The topological polar surface area (TPSA) is 6.48 Å². The molecule has 0 radical (unpaired) electrons. The highest BCUT2D eigenvalue weighted by molar-refractivity contribution is 6.00. The van der Waals surface area contributed by atoms with Gasteiger partial charge in [0, 0.05) is 34.0 Å². The normalized spacial score (nSPS) is 14.1. The number of anilines is 6. The van der Waals surface area contributed by atoms with Crippen molar-refractivity contribution >= 4 is 34.1 Å². The molecule has 14 aromatic carbocycles. The summed E-state index contributed by atoms with van der Waals surface area (Å²) >= 11 is 0. The highest BCUT2D eigenvalue weighted by Gasteiger charge is 2.55. The third-order valence-corrected chi connectivity index (χ3v) is 25.8. The summed E-state index contributed by atoms with van der Waals surface area (Å²) in [6.07, 6.45) is 1.86. The average molecular weight is 1470 g/mol.